The van der Waals surface area contributed by atoms with Gasteiger partial charge in [-0.05, 0) is 29.7 Å². The Morgan fingerprint density at radius 2 is 1.74 bits per heavy atom. The van der Waals surface area contributed by atoms with Crippen molar-refractivity contribution >= 4 is 23.5 Å². The van der Waals surface area contributed by atoms with Crippen molar-refractivity contribution in [2.24, 2.45) is 0 Å². The third kappa shape index (κ3) is 5.53. The van der Waals surface area contributed by atoms with Crippen molar-refractivity contribution in [2.45, 2.75) is 13.0 Å². The molecule has 5 nitrogen and oxygen atoms in total. The minimum atomic E-state index is -0.186. The first-order chi connectivity index (χ1) is 13.1. The maximum absolute atomic E-state index is 12.2. The molecule has 0 aliphatic carbocycles. The molecular weight excluding hydrogens is 360 g/mol. The summed E-state index contributed by atoms with van der Waals surface area (Å²) in [6, 6.07) is 17.7. The van der Waals surface area contributed by atoms with Gasteiger partial charge in [0.1, 0.15) is 0 Å². The first kappa shape index (κ1) is 18.9. The van der Waals surface area contributed by atoms with Gasteiger partial charge in [-0.3, -0.25) is 4.79 Å². The van der Waals surface area contributed by atoms with Crippen molar-refractivity contribution in [1.82, 2.24) is 15.3 Å². The summed E-state index contributed by atoms with van der Waals surface area (Å²) in [5.41, 5.74) is 2.70. The SMILES string of the molecule is CN(Cc1ccccc1)c1ncc(C(=O)NCCc2cccc(Cl)c2)cn1. The number of halogens is 1. The van der Waals surface area contributed by atoms with E-state index in [0.717, 1.165) is 5.56 Å². The van der Waals surface area contributed by atoms with E-state index in [-0.39, 0.29) is 5.91 Å². The third-order valence-corrected chi connectivity index (χ3v) is 4.33. The summed E-state index contributed by atoms with van der Waals surface area (Å²) in [7, 11) is 1.92. The van der Waals surface area contributed by atoms with Crippen LogP contribution in [0.5, 0.6) is 0 Å². The van der Waals surface area contributed by atoms with E-state index in [1.165, 1.54) is 5.56 Å². The van der Waals surface area contributed by atoms with Gasteiger partial charge in [-0.2, -0.15) is 0 Å². The molecule has 1 heterocycles. The first-order valence-electron chi connectivity index (χ1n) is 8.71. The van der Waals surface area contributed by atoms with Crippen LogP contribution in [-0.4, -0.2) is 29.5 Å². The molecule has 1 amide bonds. The normalized spacial score (nSPS) is 10.4. The Balaban J connectivity index is 1.52. The fraction of sp³-hybridized carbons (Fsp3) is 0.190. The van der Waals surface area contributed by atoms with E-state index < -0.39 is 0 Å². The van der Waals surface area contributed by atoms with Crippen LogP contribution in [0, 0.1) is 0 Å². The zero-order valence-corrected chi connectivity index (χ0v) is 15.9. The van der Waals surface area contributed by atoms with Gasteiger partial charge in [0.05, 0.1) is 5.56 Å². The van der Waals surface area contributed by atoms with E-state index in [0.29, 0.717) is 36.0 Å². The van der Waals surface area contributed by atoms with Crippen LogP contribution >= 0.6 is 11.6 Å². The van der Waals surface area contributed by atoms with Crippen molar-refractivity contribution in [3.63, 3.8) is 0 Å². The third-order valence-electron chi connectivity index (χ3n) is 4.09. The number of aromatic nitrogens is 2. The molecule has 0 spiro atoms. The molecule has 0 unspecified atom stereocenters. The van der Waals surface area contributed by atoms with Crippen molar-refractivity contribution < 1.29 is 4.79 Å². The average molecular weight is 381 g/mol. The number of amides is 1. The Morgan fingerprint density at radius 1 is 1.04 bits per heavy atom. The molecule has 2 aromatic carbocycles. The highest BCUT2D eigenvalue weighted by molar-refractivity contribution is 6.30. The van der Waals surface area contributed by atoms with Crippen molar-refractivity contribution in [3.8, 4) is 0 Å². The minimum absolute atomic E-state index is 0.186. The zero-order valence-electron chi connectivity index (χ0n) is 15.1. The van der Waals surface area contributed by atoms with Crippen LogP contribution in [0.4, 0.5) is 5.95 Å². The van der Waals surface area contributed by atoms with Crippen LogP contribution in [0.2, 0.25) is 5.02 Å². The van der Waals surface area contributed by atoms with Gasteiger partial charge in [0.2, 0.25) is 5.95 Å². The Hall–Kier alpha value is -2.92. The highest BCUT2D eigenvalue weighted by Gasteiger charge is 2.09. The Labute approximate surface area is 164 Å². The number of carbonyl (C=O) groups excluding carboxylic acids is 1. The number of anilines is 1. The molecule has 6 heteroatoms. The monoisotopic (exact) mass is 380 g/mol. The van der Waals surface area contributed by atoms with Gasteiger partial charge >= 0.3 is 0 Å². The van der Waals surface area contributed by atoms with Crippen LogP contribution in [0.15, 0.2) is 67.0 Å². The van der Waals surface area contributed by atoms with Gasteiger partial charge in [0.15, 0.2) is 0 Å². The van der Waals surface area contributed by atoms with E-state index in [2.05, 4.69) is 27.4 Å². The van der Waals surface area contributed by atoms with Gasteiger partial charge in [-0.25, -0.2) is 9.97 Å². The van der Waals surface area contributed by atoms with Crippen LogP contribution < -0.4 is 10.2 Å². The Bertz CT molecular complexity index is 884. The van der Waals surface area contributed by atoms with E-state index in [9.17, 15) is 4.79 Å². The number of benzene rings is 2. The van der Waals surface area contributed by atoms with Crippen LogP contribution in [0.3, 0.4) is 0 Å². The Morgan fingerprint density at radius 3 is 2.44 bits per heavy atom. The summed E-state index contributed by atoms with van der Waals surface area (Å²) in [6.07, 6.45) is 3.82. The zero-order chi connectivity index (χ0) is 19.1. The molecule has 0 atom stereocenters. The smallest absolute Gasteiger partial charge is 0.254 e. The molecule has 0 aliphatic heterocycles. The van der Waals surface area contributed by atoms with E-state index in [1.807, 2.05) is 54.4 Å². The summed E-state index contributed by atoms with van der Waals surface area (Å²) in [4.78, 5) is 22.8. The van der Waals surface area contributed by atoms with E-state index in [4.69, 9.17) is 11.6 Å². The lowest BCUT2D eigenvalue weighted by Gasteiger charge is -2.17. The van der Waals surface area contributed by atoms with E-state index >= 15 is 0 Å². The molecule has 3 aromatic rings. The fourth-order valence-electron chi connectivity index (χ4n) is 2.68. The maximum Gasteiger partial charge on any atom is 0.254 e. The lowest BCUT2D eigenvalue weighted by Crippen LogP contribution is -2.26. The quantitative estimate of drug-likeness (QED) is 0.678. The van der Waals surface area contributed by atoms with E-state index in [1.54, 1.807) is 12.4 Å². The second-order valence-electron chi connectivity index (χ2n) is 6.25. The predicted molar refractivity (Wildman–Crippen MR) is 108 cm³/mol. The van der Waals surface area contributed by atoms with Gasteiger partial charge in [-0.15, -0.1) is 0 Å². The maximum atomic E-state index is 12.2. The Kier molecular flexibility index (Phi) is 6.39. The molecule has 0 fully saturated rings. The predicted octanol–water partition coefficient (Wildman–Crippen LogP) is 3.74. The van der Waals surface area contributed by atoms with Gasteiger partial charge < -0.3 is 10.2 Å². The molecular formula is C21H21ClN4O. The van der Waals surface area contributed by atoms with Crippen LogP contribution in [-0.2, 0) is 13.0 Å². The minimum Gasteiger partial charge on any atom is -0.352 e. The fourth-order valence-corrected chi connectivity index (χ4v) is 2.89. The second kappa shape index (κ2) is 9.14. The van der Waals surface area contributed by atoms with Crippen molar-refractivity contribution in [1.29, 1.82) is 0 Å². The summed E-state index contributed by atoms with van der Waals surface area (Å²) in [5.74, 6) is 0.392. The summed E-state index contributed by atoms with van der Waals surface area (Å²) in [5, 5.41) is 3.58. The second-order valence-corrected chi connectivity index (χ2v) is 6.69. The molecule has 0 saturated heterocycles. The molecule has 1 aromatic heterocycles. The number of carbonyl (C=O) groups is 1. The largest absolute Gasteiger partial charge is 0.352 e. The number of hydrogen-bond acceptors (Lipinski definition) is 4. The number of hydrogen-bond donors (Lipinski definition) is 1. The van der Waals surface area contributed by atoms with Crippen LogP contribution in [0.1, 0.15) is 21.5 Å². The lowest BCUT2D eigenvalue weighted by atomic mass is 10.1. The molecule has 0 bridgehead atoms. The molecule has 138 valence electrons. The summed E-state index contributed by atoms with van der Waals surface area (Å²) in [6.45, 7) is 1.22. The molecule has 27 heavy (non-hydrogen) atoms. The standard InChI is InChI=1S/C21H21ClN4O/c1-26(15-17-6-3-2-4-7-17)21-24-13-18(14-25-21)20(27)23-11-10-16-8-5-9-19(22)12-16/h2-9,12-14H,10-11,15H2,1H3,(H,23,27). The summed E-state index contributed by atoms with van der Waals surface area (Å²) >= 11 is 5.97. The average Bonchev–Trinajstić information content (AvgIpc) is 2.69. The number of nitrogens with one attached hydrogen (secondary N) is 1. The highest BCUT2D eigenvalue weighted by Crippen LogP contribution is 2.12. The molecule has 3 rings (SSSR count). The molecule has 0 saturated carbocycles. The lowest BCUT2D eigenvalue weighted by molar-refractivity contribution is 0.0953. The molecule has 0 radical (unpaired) electrons. The number of rotatable bonds is 7. The first-order valence-corrected chi connectivity index (χ1v) is 9.09. The summed E-state index contributed by atoms with van der Waals surface area (Å²) < 4.78 is 0. The van der Waals surface area contributed by atoms with Crippen molar-refractivity contribution in [2.75, 3.05) is 18.5 Å². The highest BCUT2D eigenvalue weighted by atomic mass is 35.5. The molecule has 0 aliphatic rings. The van der Waals surface area contributed by atoms with Gasteiger partial charge in [0, 0.05) is 37.6 Å². The molecule has 1 N–H and O–H groups in total. The topological polar surface area (TPSA) is 58.1 Å². The van der Waals surface area contributed by atoms with Crippen molar-refractivity contribution in [3.05, 3.63) is 88.7 Å². The number of nitrogens with zero attached hydrogens (tertiary/aromatic N) is 3. The van der Waals surface area contributed by atoms with Gasteiger partial charge in [0.25, 0.3) is 5.91 Å². The van der Waals surface area contributed by atoms with Gasteiger partial charge in [-0.1, -0.05) is 54.1 Å². The van der Waals surface area contributed by atoms with Crippen LogP contribution in [0.25, 0.3) is 0 Å².